The molecule has 3 nitrogen and oxygen atoms in total. The van der Waals surface area contributed by atoms with Crippen LogP contribution < -0.4 is 5.32 Å². The van der Waals surface area contributed by atoms with Crippen LogP contribution in [-0.2, 0) is 16.4 Å². The lowest BCUT2D eigenvalue weighted by Crippen LogP contribution is -2.41. The molecule has 0 atom stereocenters. The standard InChI is InChI=1S/C10H17NO2S2/c1-10(2,15(3,12)13)8-11-7-9-5-4-6-14-9/h4-6,11H,7-8H2,1-3H3. The van der Waals surface area contributed by atoms with Crippen LogP contribution in [-0.4, -0.2) is 26.0 Å². The smallest absolute Gasteiger partial charge is 0.153 e. The number of nitrogens with one attached hydrogen (secondary N) is 1. The van der Waals surface area contributed by atoms with E-state index in [4.69, 9.17) is 0 Å². The predicted octanol–water partition coefficient (Wildman–Crippen LogP) is 1.66. The van der Waals surface area contributed by atoms with Crippen LogP contribution in [0.25, 0.3) is 0 Å². The van der Waals surface area contributed by atoms with Gasteiger partial charge in [-0.1, -0.05) is 6.07 Å². The van der Waals surface area contributed by atoms with E-state index in [-0.39, 0.29) is 0 Å². The number of hydrogen-bond donors (Lipinski definition) is 1. The van der Waals surface area contributed by atoms with Crippen LogP contribution in [0.5, 0.6) is 0 Å². The molecule has 0 saturated carbocycles. The van der Waals surface area contributed by atoms with E-state index in [9.17, 15) is 8.42 Å². The largest absolute Gasteiger partial charge is 0.310 e. The maximum Gasteiger partial charge on any atom is 0.153 e. The topological polar surface area (TPSA) is 46.2 Å². The lowest BCUT2D eigenvalue weighted by atomic mass is 10.2. The van der Waals surface area contributed by atoms with E-state index in [1.54, 1.807) is 25.2 Å². The van der Waals surface area contributed by atoms with Gasteiger partial charge in [-0.05, 0) is 25.3 Å². The van der Waals surface area contributed by atoms with Crippen molar-refractivity contribution in [2.45, 2.75) is 25.1 Å². The number of thiophene rings is 1. The minimum Gasteiger partial charge on any atom is -0.310 e. The summed E-state index contributed by atoms with van der Waals surface area (Å²) in [7, 11) is -3.00. The first-order valence-electron chi connectivity index (χ1n) is 4.76. The summed E-state index contributed by atoms with van der Waals surface area (Å²) in [6.45, 7) is 4.69. The molecule has 1 aromatic heterocycles. The number of hydrogen-bond acceptors (Lipinski definition) is 4. The molecule has 0 unspecified atom stereocenters. The Labute approximate surface area is 95.4 Å². The summed E-state index contributed by atoms with van der Waals surface area (Å²) >= 11 is 1.67. The van der Waals surface area contributed by atoms with Gasteiger partial charge >= 0.3 is 0 Å². The first kappa shape index (κ1) is 12.7. The van der Waals surface area contributed by atoms with Crippen molar-refractivity contribution in [3.05, 3.63) is 22.4 Å². The van der Waals surface area contributed by atoms with E-state index in [1.165, 1.54) is 11.1 Å². The average molecular weight is 247 g/mol. The molecule has 86 valence electrons. The first-order chi connectivity index (χ1) is 6.83. The Hall–Kier alpha value is -0.390. The normalized spacial score (nSPS) is 13.0. The Morgan fingerprint density at radius 2 is 2.13 bits per heavy atom. The molecule has 1 heterocycles. The van der Waals surface area contributed by atoms with Gasteiger partial charge in [0.05, 0.1) is 4.75 Å². The maximum absolute atomic E-state index is 11.4. The Bertz CT molecular complexity index is 393. The molecule has 0 aliphatic rings. The van der Waals surface area contributed by atoms with Gasteiger partial charge in [0.25, 0.3) is 0 Å². The van der Waals surface area contributed by atoms with Gasteiger partial charge in [0, 0.05) is 24.2 Å². The lowest BCUT2D eigenvalue weighted by molar-refractivity contribution is 0.522. The minimum atomic E-state index is -3.00. The molecule has 0 spiro atoms. The molecule has 0 bridgehead atoms. The monoisotopic (exact) mass is 247 g/mol. The highest BCUT2D eigenvalue weighted by Crippen LogP contribution is 2.14. The molecule has 0 aliphatic heterocycles. The zero-order valence-corrected chi connectivity index (χ0v) is 10.9. The average Bonchev–Trinajstić information content (AvgIpc) is 2.54. The van der Waals surface area contributed by atoms with Gasteiger partial charge < -0.3 is 5.32 Å². The molecule has 0 aliphatic carbocycles. The van der Waals surface area contributed by atoms with Crippen LogP contribution in [0.4, 0.5) is 0 Å². The van der Waals surface area contributed by atoms with Gasteiger partial charge in [-0.25, -0.2) is 8.42 Å². The minimum absolute atomic E-state index is 0.476. The van der Waals surface area contributed by atoms with Crippen molar-refractivity contribution in [3.8, 4) is 0 Å². The van der Waals surface area contributed by atoms with Crippen molar-refractivity contribution in [1.29, 1.82) is 0 Å². The molecule has 0 fully saturated rings. The van der Waals surface area contributed by atoms with Crippen LogP contribution in [0, 0.1) is 0 Å². The molecule has 0 aromatic carbocycles. The number of sulfone groups is 1. The molecule has 1 N–H and O–H groups in total. The maximum atomic E-state index is 11.4. The Balaban J connectivity index is 2.44. The van der Waals surface area contributed by atoms with Crippen molar-refractivity contribution in [3.63, 3.8) is 0 Å². The van der Waals surface area contributed by atoms with Gasteiger partial charge in [0.15, 0.2) is 9.84 Å². The molecule has 0 saturated heterocycles. The molecule has 5 heteroatoms. The summed E-state index contributed by atoms with van der Waals surface area (Å²) in [5.41, 5.74) is 0. The Kier molecular flexibility index (Phi) is 3.92. The van der Waals surface area contributed by atoms with Crippen LogP contribution >= 0.6 is 11.3 Å². The van der Waals surface area contributed by atoms with Crippen molar-refractivity contribution >= 4 is 21.2 Å². The van der Waals surface area contributed by atoms with Crippen LogP contribution in [0.15, 0.2) is 17.5 Å². The second-order valence-electron chi connectivity index (χ2n) is 4.21. The van der Waals surface area contributed by atoms with E-state index in [1.807, 2.05) is 17.5 Å². The van der Waals surface area contributed by atoms with Gasteiger partial charge in [0.1, 0.15) is 0 Å². The number of rotatable bonds is 5. The van der Waals surface area contributed by atoms with Crippen LogP contribution in [0.3, 0.4) is 0 Å². The quantitative estimate of drug-likeness (QED) is 0.861. The molecule has 1 rings (SSSR count). The van der Waals surface area contributed by atoms with Crippen molar-refractivity contribution in [1.82, 2.24) is 5.32 Å². The summed E-state index contributed by atoms with van der Waals surface area (Å²) in [6.07, 6.45) is 1.28. The summed E-state index contributed by atoms with van der Waals surface area (Å²) in [6, 6.07) is 4.02. The van der Waals surface area contributed by atoms with Crippen molar-refractivity contribution in [2.75, 3.05) is 12.8 Å². The summed E-state index contributed by atoms with van der Waals surface area (Å²) in [5.74, 6) is 0. The lowest BCUT2D eigenvalue weighted by Gasteiger charge is -2.22. The summed E-state index contributed by atoms with van der Waals surface area (Å²) in [5, 5.41) is 5.18. The fraction of sp³-hybridized carbons (Fsp3) is 0.600. The predicted molar refractivity (Wildman–Crippen MR) is 64.9 cm³/mol. The van der Waals surface area contributed by atoms with E-state index in [2.05, 4.69) is 5.32 Å². The molecule has 15 heavy (non-hydrogen) atoms. The Morgan fingerprint density at radius 3 is 2.60 bits per heavy atom. The zero-order valence-electron chi connectivity index (χ0n) is 9.28. The fourth-order valence-electron chi connectivity index (χ4n) is 1.03. The first-order valence-corrected chi connectivity index (χ1v) is 7.53. The highest BCUT2D eigenvalue weighted by atomic mass is 32.2. The second-order valence-corrected chi connectivity index (χ2v) is 7.90. The zero-order chi connectivity index (χ0) is 11.5. The molecular formula is C10H17NO2S2. The van der Waals surface area contributed by atoms with E-state index < -0.39 is 14.6 Å². The highest BCUT2D eigenvalue weighted by Gasteiger charge is 2.29. The summed E-state index contributed by atoms with van der Waals surface area (Å²) < 4.78 is 22.1. The SMILES string of the molecule is CC(C)(CNCc1cccs1)S(C)(=O)=O. The third-order valence-corrected chi connectivity index (χ3v) is 5.46. The van der Waals surface area contributed by atoms with Gasteiger partial charge in [-0.2, -0.15) is 0 Å². The van der Waals surface area contributed by atoms with E-state index in [0.717, 1.165) is 6.54 Å². The molecule has 1 aromatic rings. The van der Waals surface area contributed by atoms with E-state index in [0.29, 0.717) is 6.54 Å². The van der Waals surface area contributed by atoms with E-state index >= 15 is 0 Å². The molecular weight excluding hydrogens is 230 g/mol. The third kappa shape index (κ3) is 3.59. The van der Waals surface area contributed by atoms with Gasteiger partial charge in [-0.15, -0.1) is 11.3 Å². The van der Waals surface area contributed by atoms with Crippen LogP contribution in [0.2, 0.25) is 0 Å². The molecule has 0 radical (unpaired) electrons. The van der Waals surface area contributed by atoms with Crippen LogP contribution in [0.1, 0.15) is 18.7 Å². The second kappa shape index (κ2) is 4.63. The third-order valence-electron chi connectivity index (χ3n) is 2.43. The van der Waals surface area contributed by atoms with Gasteiger partial charge in [-0.3, -0.25) is 0 Å². The summed E-state index contributed by atoms with van der Waals surface area (Å²) in [4.78, 5) is 1.22. The van der Waals surface area contributed by atoms with Gasteiger partial charge in [0.2, 0.25) is 0 Å². The fourth-order valence-corrected chi connectivity index (χ4v) is 2.07. The molecule has 0 amide bonds. The Morgan fingerprint density at radius 1 is 1.47 bits per heavy atom. The van der Waals surface area contributed by atoms with Crippen molar-refractivity contribution in [2.24, 2.45) is 0 Å². The van der Waals surface area contributed by atoms with Crippen molar-refractivity contribution < 1.29 is 8.42 Å². The highest BCUT2D eigenvalue weighted by molar-refractivity contribution is 7.92.